The van der Waals surface area contributed by atoms with Crippen LogP contribution in [0.2, 0.25) is 0 Å². The first-order chi connectivity index (χ1) is 7.26. The maximum Gasteiger partial charge on any atom is 0.186 e. The van der Waals surface area contributed by atoms with Crippen LogP contribution in [0.4, 0.5) is 0 Å². The average molecular weight is 236 g/mol. The molecule has 0 aromatic rings. The summed E-state index contributed by atoms with van der Waals surface area (Å²) in [5, 5.41) is 29.0. The molecule has 0 unspecified atom stereocenters. The first-order valence-electron chi connectivity index (χ1n) is 5.29. The number of nitrogens with zero attached hydrogens (tertiary/aromatic N) is 1. The van der Waals surface area contributed by atoms with E-state index in [1.165, 1.54) is 7.11 Å². The highest BCUT2D eigenvalue weighted by Crippen LogP contribution is 2.22. The normalized spacial score (nSPS) is 41.1. The molecule has 1 heterocycles. The van der Waals surface area contributed by atoms with E-state index in [9.17, 15) is 15.3 Å². The van der Waals surface area contributed by atoms with Crippen LogP contribution in [-0.4, -0.2) is 85.3 Å². The summed E-state index contributed by atoms with van der Waals surface area (Å²) in [5.74, 6) is 0. The molecular weight excluding hydrogens is 214 g/mol. The molecule has 1 saturated heterocycles. The van der Waals surface area contributed by atoms with E-state index in [0.717, 1.165) is 0 Å². The molecule has 0 bridgehead atoms. The molecule has 1 aliphatic rings. The lowest BCUT2D eigenvalue weighted by Crippen LogP contribution is -2.61. The van der Waals surface area contributed by atoms with Gasteiger partial charge in [0.1, 0.15) is 31.0 Å². The number of quaternary nitrogens is 1. The van der Waals surface area contributed by atoms with E-state index in [1.54, 1.807) is 0 Å². The third-order valence-electron chi connectivity index (χ3n) is 2.63. The minimum absolute atomic E-state index is 0.519. The van der Waals surface area contributed by atoms with Crippen molar-refractivity contribution in [1.82, 2.24) is 0 Å². The van der Waals surface area contributed by atoms with Crippen LogP contribution < -0.4 is 0 Å². The Labute approximate surface area is 95.6 Å². The first kappa shape index (κ1) is 13.8. The van der Waals surface area contributed by atoms with Crippen molar-refractivity contribution in [1.29, 1.82) is 0 Å². The van der Waals surface area contributed by atoms with Gasteiger partial charge in [-0.3, -0.25) is 0 Å². The lowest BCUT2D eigenvalue weighted by molar-refractivity contribution is -0.874. The fraction of sp³-hybridized carbons (Fsp3) is 1.00. The van der Waals surface area contributed by atoms with E-state index in [1.807, 2.05) is 21.1 Å². The van der Waals surface area contributed by atoms with Crippen LogP contribution in [0.1, 0.15) is 0 Å². The van der Waals surface area contributed by atoms with Crippen molar-refractivity contribution >= 4 is 0 Å². The molecule has 16 heavy (non-hydrogen) atoms. The number of hydrogen-bond acceptors (Lipinski definition) is 5. The van der Waals surface area contributed by atoms with Gasteiger partial charge in [-0.25, -0.2) is 0 Å². The third kappa shape index (κ3) is 3.13. The van der Waals surface area contributed by atoms with Crippen molar-refractivity contribution in [2.45, 2.75) is 30.7 Å². The van der Waals surface area contributed by atoms with E-state index in [4.69, 9.17) is 9.47 Å². The van der Waals surface area contributed by atoms with E-state index in [-0.39, 0.29) is 0 Å². The number of ether oxygens (including phenoxy) is 2. The van der Waals surface area contributed by atoms with Gasteiger partial charge in [0.05, 0.1) is 21.1 Å². The summed E-state index contributed by atoms with van der Waals surface area (Å²) in [7, 11) is 7.25. The third-order valence-corrected chi connectivity index (χ3v) is 2.63. The van der Waals surface area contributed by atoms with Gasteiger partial charge in [0.15, 0.2) is 6.29 Å². The molecule has 96 valence electrons. The van der Waals surface area contributed by atoms with Crippen LogP contribution in [0.5, 0.6) is 0 Å². The topological polar surface area (TPSA) is 79.2 Å². The summed E-state index contributed by atoms with van der Waals surface area (Å²) in [6.45, 7) is 0.519. The number of likely N-dealkylation sites (N-methyl/N-ethyl adjacent to an activating group) is 1. The second kappa shape index (κ2) is 4.95. The highest BCUT2D eigenvalue weighted by Gasteiger charge is 2.45. The smallest absolute Gasteiger partial charge is 0.186 e. The number of rotatable bonds is 3. The van der Waals surface area contributed by atoms with Crippen LogP contribution >= 0.6 is 0 Å². The number of methoxy groups -OCH3 is 1. The SMILES string of the molecule is CO[C@H]1O[C@H](C[N+](C)(C)C)[C@@H](O)[C@H](O)[C@H]1O. The Morgan fingerprint density at radius 1 is 1.06 bits per heavy atom. The van der Waals surface area contributed by atoms with Crippen molar-refractivity contribution in [2.24, 2.45) is 0 Å². The molecule has 0 aliphatic carbocycles. The van der Waals surface area contributed by atoms with Gasteiger partial charge in [-0.1, -0.05) is 0 Å². The molecule has 3 N–H and O–H groups in total. The van der Waals surface area contributed by atoms with Crippen LogP contribution in [0.3, 0.4) is 0 Å². The van der Waals surface area contributed by atoms with Gasteiger partial charge in [0.2, 0.25) is 0 Å². The summed E-state index contributed by atoms with van der Waals surface area (Å²) in [6.07, 6.45) is -5.00. The van der Waals surface area contributed by atoms with Crippen molar-refractivity contribution in [2.75, 3.05) is 34.8 Å². The number of aliphatic hydroxyl groups excluding tert-OH is 3. The molecule has 1 aliphatic heterocycles. The molecule has 0 aromatic carbocycles. The Morgan fingerprint density at radius 3 is 2.06 bits per heavy atom. The fourth-order valence-corrected chi connectivity index (χ4v) is 1.80. The lowest BCUT2D eigenvalue weighted by atomic mass is 9.98. The maximum absolute atomic E-state index is 9.78. The Balaban J connectivity index is 2.71. The van der Waals surface area contributed by atoms with Crippen molar-refractivity contribution in [3.8, 4) is 0 Å². The largest absolute Gasteiger partial charge is 0.387 e. The van der Waals surface area contributed by atoms with Crippen LogP contribution in [0, 0.1) is 0 Å². The predicted molar refractivity (Wildman–Crippen MR) is 56.6 cm³/mol. The molecule has 6 heteroatoms. The second-order valence-electron chi connectivity index (χ2n) is 5.22. The second-order valence-corrected chi connectivity index (χ2v) is 5.22. The molecule has 1 rings (SSSR count). The van der Waals surface area contributed by atoms with Gasteiger partial charge in [-0.2, -0.15) is 0 Å². The predicted octanol–water partition coefficient (Wildman–Crippen LogP) is -1.85. The van der Waals surface area contributed by atoms with Crippen molar-refractivity contribution in [3.63, 3.8) is 0 Å². The monoisotopic (exact) mass is 236 g/mol. The summed E-state index contributed by atoms with van der Waals surface area (Å²) in [5.41, 5.74) is 0. The zero-order valence-corrected chi connectivity index (χ0v) is 10.2. The zero-order valence-electron chi connectivity index (χ0n) is 10.2. The summed E-state index contributed by atoms with van der Waals surface area (Å²) >= 11 is 0. The molecule has 1 fully saturated rings. The maximum atomic E-state index is 9.78. The van der Waals surface area contributed by atoms with Crippen LogP contribution in [0.15, 0.2) is 0 Å². The standard InChI is InChI=1S/C10H22NO5/c1-11(2,3)5-6-7(12)8(13)9(14)10(15-4)16-6/h6-10,12-14H,5H2,1-4H3/q+1/t6-,7-,8+,9-,10+/m1/s1. The van der Waals surface area contributed by atoms with Crippen LogP contribution in [0.25, 0.3) is 0 Å². The summed E-state index contributed by atoms with van der Waals surface area (Å²) in [6, 6.07) is 0. The van der Waals surface area contributed by atoms with E-state index < -0.39 is 30.7 Å². The summed E-state index contributed by atoms with van der Waals surface area (Å²) < 4.78 is 10.9. The Bertz CT molecular complexity index is 228. The molecule has 5 atom stereocenters. The van der Waals surface area contributed by atoms with E-state index >= 15 is 0 Å². The van der Waals surface area contributed by atoms with Crippen LogP contribution in [-0.2, 0) is 9.47 Å². The first-order valence-corrected chi connectivity index (χ1v) is 5.29. The fourth-order valence-electron chi connectivity index (χ4n) is 1.80. The molecule has 0 aromatic heterocycles. The zero-order chi connectivity index (χ0) is 12.5. The number of aliphatic hydroxyl groups is 3. The highest BCUT2D eigenvalue weighted by atomic mass is 16.7. The van der Waals surface area contributed by atoms with E-state index in [2.05, 4.69) is 0 Å². The Morgan fingerprint density at radius 2 is 1.62 bits per heavy atom. The van der Waals surface area contributed by atoms with Crippen molar-refractivity contribution < 1.29 is 29.3 Å². The molecular formula is C10H22NO5+. The van der Waals surface area contributed by atoms with Gasteiger partial charge in [-0.05, 0) is 0 Å². The molecule has 0 saturated carbocycles. The highest BCUT2D eigenvalue weighted by molar-refractivity contribution is 4.88. The molecule has 6 nitrogen and oxygen atoms in total. The minimum atomic E-state index is -1.24. The molecule has 0 radical (unpaired) electrons. The van der Waals surface area contributed by atoms with Crippen molar-refractivity contribution in [3.05, 3.63) is 0 Å². The van der Waals surface area contributed by atoms with Gasteiger partial charge in [-0.15, -0.1) is 0 Å². The van der Waals surface area contributed by atoms with Gasteiger partial charge < -0.3 is 29.3 Å². The average Bonchev–Trinajstić information content (AvgIpc) is 2.17. The molecule has 0 amide bonds. The molecule has 0 spiro atoms. The van der Waals surface area contributed by atoms with Gasteiger partial charge in [0.25, 0.3) is 0 Å². The number of hydrogen-bond donors (Lipinski definition) is 3. The quantitative estimate of drug-likeness (QED) is 0.501. The van der Waals surface area contributed by atoms with Gasteiger partial charge in [0, 0.05) is 7.11 Å². The summed E-state index contributed by atoms with van der Waals surface area (Å²) in [4.78, 5) is 0. The Kier molecular flexibility index (Phi) is 4.28. The Hall–Kier alpha value is -0.240. The lowest BCUT2D eigenvalue weighted by Gasteiger charge is -2.41. The van der Waals surface area contributed by atoms with E-state index in [0.29, 0.717) is 11.0 Å². The minimum Gasteiger partial charge on any atom is -0.387 e. The van der Waals surface area contributed by atoms with Gasteiger partial charge >= 0.3 is 0 Å².